The monoisotopic (exact) mass is 467 g/mol. The molecule has 3 fully saturated rings. The van der Waals surface area contributed by atoms with Crippen molar-refractivity contribution >= 4 is 29.3 Å². The van der Waals surface area contributed by atoms with Crippen LogP contribution in [-0.4, -0.2) is 35.5 Å². The number of halogens is 1. The van der Waals surface area contributed by atoms with E-state index < -0.39 is 0 Å². The summed E-state index contributed by atoms with van der Waals surface area (Å²) in [4.78, 5) is 24.8. The molecule has 2 N–H and O–H groups in total. The predicted octanol–water partition coefficient (Wildman–Crippen LogP) is 5.35. The molecule has 0 radical (unpaired) electrons. The van der Waals surface area contributed by atoms with Gasteiger partial charge >= 0.3 is 0 Å². The Labute approximate surface area is 201 Å². The van der Waals surface area contributed by atoms with Crippen molar-refractivity contribution in [1.82, 2.24) is 15.3 Å². The molecule has 1 amide bonds. The molecule has 1 aliphatic heterocycles. The second-order valence-electron chi connectivity index (χ2n) is 10.3. The van der Waals surface area contributed by atoms with E-state index in [0.29, 0.717) is 35.2 Å². The molecule has 0 atom stereocenters. The van der Waals surface area contributed by atoms with E-state index in [1.807, 2.05) is 19.1 Å². The zero-order chi connectivity index (χ0) is 22.8. The molecule has 6 nitrogen and oxygen atoms in total. The summed E-state index contributed by atoms with van der Waals surface area (Å²) in [5, 5.41) is 7.29. The van der Waals surface area contributed by atoms with Gasteiger partial charge in [0.15, 0.2) is 0 Å². The van der Waals surface area contributed by atoms with Crippen molar-refractivity contribution in [1.29, 1.82) is 0 Å². The quantitative estimate of drug-likeness (QED) is 0.574. The van der Waals surface area contributed by atoms with Gasteiger partial charge in [0.05, 0.1) is 0 Å². The first-order valence-corrected chi connectivity index (χ1v) is 12.8. The van der Waals surface area contributed by atoms with E-state index in [9.17, 15) is 4.79 Å². The van der Waals surface area contributed by atoms with Crippen LogP contribution in [0.5, 0.6) is 0 Å². The normalized spacial score (nSPS) is 19.6. The van der Waals surface area contributed by atoms with Gasteiger partial charge in [0, 0.05) is 37.4 Å². The van der Waals surface area contributed by atoms with Gasteiger partial charge in [-0.15, -0.1) is 0 Å². The molecule has 2 heterocycles. The molecule has 2 saturated carbocycles. The smallest absolute Gasteiger partial charge is 0.256 e. The zero-order valence-electron chi connectivity index (χ0n) is 19.5. The van der Waals surface area contributed by atoms with E-state index in [2.05, 4.69) is 26.6 Å². The number of benzene rings is 1. The van der Waals surface area contributed by atoms with Gasteiger partial charge in [-0.1, -0.05) is 43.0 Å². The summed E-state index contributed by atoms with van der Waals surface area (Å²) >= 11 is 6.31. The van der Waals surface area contributed by atoms with Crippen LogP contribution in [0.4, 0.5) is 11.8 Å². The lowest BCUT2D eigenvalue weighted by molar-refractivity contribution is 0.0943. The van der Waals surface area contributed by atoms with Crippen molar-refractivity contribution in [2.45, 2.75) is 64.8 Å². The van der Waals surface area contributed by atoms with E-state index >= 15 is 0 Å². The van der Waals surface area contributed by atoms with Gasteiger partial charge in [-0.2, -0.15) is 4.98 Å². The fraction of sp³-hybridized carbons (Fsp3) is 0.577. The highest BCUT2D eigenvalue weighted by Gasteiger charge is 2.48. The molecule has 2 aromatic rings. The highest BCUT2D eigenvalue weighted by molar-refractivity contribution is 6.31. The SMILES string of the molecule is Cc1ccc(CNc2nc(N3CCC4(CC4)C3)ncc2C(=O)NCC2CCCCC2)cc1Cl. The highest BCUT2D eigenvalue weighted by atomic mass is 35.5. The number of rotatable bonds is 7. The van der Waals surface area contributed by atoms with E-state index in [4.69, 9.17) is 16.6 Å². The third-order valence-electron chi connectivity index (χ3n) is 7.67. The summed E-state index contributed by atoms with van der Waals surface area (Å²) in [6, 6.07) is 6.03. The number of aromatic nitrogens is 2. The van der Waals surface area contributed by atoms with Gasteiger partial charge < -0.3 is 15.5 Å². The minimum absolute atomic E-state index is 0.100. The number of anilines is 2. The van der Waals surface area contributed by atoms with Gasteiger partial charge in [-0.3, -0.25) is 4.79 Å². The lowest BCUT2D eigenvalue weighted by Crippen LogP contribution is -2.31. The second kappa shape index (κ2) is 9.49. The lowest BCUT2D eigenvalue weighted by atomic mass is 9.89. The Morgan fingerprint density at radius 3 is 2.76 bits per heavy atom. The average Bonchev–Trinajstić information content (AvgIpc) is 3.47. The Morgan fingerprint density at radius 2 is 2.03 bits per heavy atom. The maximum Gasteiger partial charge on any atom is 0.256 e. The molecule has 0 bridgehead atoms. The highest BCUT2D eigenvalue weighted by Crippen LogP contribution is 2.53. The van der Waals surface area contributed by atoms with Crippen LogP contribution < -0.4 is 15.5 Å². The molecular weight excluding hydrogens is 434 g/mol. The molecule has 2 aliphatic carbocycles. The minimum atomic E-state index is -0.100. The van der Waals surface area contributed by atoms with Crippen molar-refractivity contribution < 1.29 is 4.79 Å². The summed E-state index contributed by atoms with van der Waals surface area (Å²) < 4.78 is 0. The first-order chi connectivity index (χ1) is 16.0. The molecule has 3 aliphatic rings. The van der Waals surface area contributed by atoms with E-state index in [1.165, 1.54) is 51.4 Å². The minimum Gasteiger partial charge on any atom is -0.365 e. The first-order valence-electron chi connectivity index (χ1n) is 12.4. The van der Waals surface area contributed by atoms with Crippen LogP contribution in [-0.2, 0) is 6.54 Å². The molecule has 1 saturated heterocycles. The van der Waals surface area contributed by atoms with Crippen molar-refractivity contribution in [3.05, 3.63) is 46.1 Å². The average molecular weight is 468 g/mol. The molecular formula is C26H34ClN5O. The largest absolute Gasteiger partial charge is 0.365 e. The van der Waals surface area contributed by atoms with Crippen LogP contribution >= 0.6 is 11.6 Å². The Bertz CT molecular complexity index is 1020. The van der Waals surface area contributed by atoms with Gasteiger partial charge in [0.25, 0.3) is 5.91 Å². The number of carbonyl (C=O) groups excluding carboxylic acids is 1. The number of hydrogen-bond acceptors (Lipinski definition) is 5. The van der Waals surface area contributed by atoms with Gasteiger partial charge in [0.1, 0.15) is 11.4 Å². The topological polar surface area (TPSA) is 70.2 Å². The standard InChI is InChI=1S/C26H34ClN5O/c1-18-7-8-20(13-22(18)27)15-28-23-21(24(33)29-14-19-5-3-2-4-6-19)16-30-25(31-23)32-12-11-26(17-32)9-10-26/h7-8,13,16,19H,2-6,9-12,14-15,17H2,1H3,(H,29,33)(H,28,30,31). The van der Waals surface area contributed by atoms with Crippen molar-refractivity contribution in [3.63, 3.8) is 0 Å². The Kier molecular flexibility index (Phi) is 6.46. The summed E-state index contributed by atoms with van der Waals surface area (Å²) in [6.07, 6.45) is 11.8. The second-order valence-corrected chi connectivity index (χ2v) is 10.7. The molecule has 1 aromatic carbocycles. The third kappa shape index (κ3) is 5.26. The summed E-state index contributed by atoms with van der Waals surface area (Å²) in [6.45, 7) is 5.27. The van der Waals surface area contributed by atoms with E-state index in [1.54, 1.807) is 6.20 Å². The fourth-order valence-corrected chi connectivity index (χ4v) is 5.38. The Morgan fingerprint density at radius 1 is 1.21 bits per heavy atom. The summed E-state index contributed by atoms with van der Waals surface area (Å²) in [7, 11) is 0. The van der Waals surface area contributed by atoms with Crippen LogP contribution in [0.2, 0.25) is 5.02 Å². The number of carbonyl (C=O) groups is 1. The van der Waals surface area contributed by atoms with Crippen molar-refractivity contribution in [3.8, 4) is 0 Å². The molecule has 1 spiro atoms. The number of amides is 1. The van der Waals surface area contributed by atoms with Crippen LogP contribution in [0.15, 0.2) is 24.4 Å². The Balaban J connectivity index is 1.32. The number of nitrogens with one attached hydrogen (secondary N) is 2. The third-order valence-corrected chi connectivity index (χ3v) is 8.08. The first kappa shape index (κ1) is 22.5. The maximum atomic E-state index is 13.1. The maximum absolute atomic E-state index is 13.1. The lowest BCUT2D eigenvalue weighted by Gasteiger charge is -2.22. The van der Waals surface area contributed by atoms with E-state index in [0.717, 1.165) is 35.8 Å². The van der Waals surface area contributed by atoms with E-state index in [-0.39, 0.29) is 5.91 Å². The molecule has 176 valence electrons. The summed E-state index contributed by atoms with van der Waals surface area (Å²) in [5.41, 5.74) is 3.10. The molecule has 7 heteroatoms. The fourth-order valence-electron chi connectivity index (χ4n) is 5.17. The van der Waals surface area contributed by atoms with Crippen LogP contribution in [0.25, 0.3) is 0 Å². The van der Waals surface area contributed by atoms with Crippen molar-refractivity contribution in [2.24, 2.45) is 11.3 Å². The van der Waals surface area contributed by atoms with Crippen LogP contribution in [0.3, 0.4) is 0 Å². The molecule has 33 heavy (non-hydrogen) atoms. The van der Waals surface area contributed by atoms with Crippen LogP contribution in [0.1, 0.15) is 72.9 Å². The zero-order valence-corrected chi connectivity index (χ0v) is 20.3. The number of hydrogen-bond donors (Lipinski definition) is 2. The van der Waals surface area contributed by atoms with Crippen LogP contribution in [0, 0.1) is 18.3 Å². The number of nitrogens with zero attached hydrogens (tertiary/aromatic N) is 3. The molecule has 5 rings (SSSR count). The molecule has 1 aromatic heterocycles. The van der Waals surface area contributed by atoms with Gasteiger partial charge in [-0.05, 0) is 67.6 Å². The Hall–Kier alpha value is -2.34. The van der Waals surface area contributed by atoms with Crippen molar-refractivity contribution in [2.75, 3.05) is 29.9 Å². The predicted molar refractivity (Wildman–Crippen MR) is 133 cm³/mol. The van der Waals surface area contributed by atoms with Gasteiger partial charge in [0.2, 0.25) is 5.95 Å². The molecule has 0 unspecified atom stereocenters. The van der Waals surface area contributed by atoms with Gasteiger partial charge in [-0.25, -0.2) is 4.98 Å². The number of aryl methyl sites for hydroxylation is 1. The summed E-state index contributed by atoms with van der Waals surface area (Å²) in [5.74, 6) is 1.78.